The molecule has 10 nitrogen and oxygen atoms in total. The number of aliphatic hydroxyl groups excluding tert-OH is 2. The highest BCUT2D eigenvalue weighted by molar-refractivity contribution is 7.84. The molecule has 2 unspecified atom stereocenters. The average Bonchev–Trinajstić information content (AvgIpc) is 3.44. The molecule has 1 aliphatic carbocycles. The summed E-state index contributed by atoms with van der Waals surface area (Å²) in [5.41, 5.74) is 3.68. The minimum Gasteiger partial charge on any atom is -0.393 e. The summed E-state index contributed by atoms with van der Waals surface area (Å²) in [4.78, 5) is 9.14. The Labute approximate surface area is 230 Å². The lowest BCUT2D eigenvalue weighted by molar-refractivity contribution is 0.0844. The van der Waals surface area contributed by atoms with Crippen molar-refractivity contribution < 1.29 is 27.6 Å². The third kappa shape index (κ3) is 6.35. The lowest BCUT2D eigenvalue weighted by Crippen LogP contribution is -2.24. The van der Waals surface area contributed by atoms with Crippen molar-refractivity contribution in [2.75, 3.05) is 18.5 Å². The first kappa shape index (κ1) is 27.4. The Kier molecular flexibility index (Phi) is 8.31. The van der Waals surface area contributed by atoms with E-state index < -0.39 is 28.4 Å². The molecule has 0 amide bonds. The summed E-state index contributed by atoms with van der Waals surface area (Å²) < 4.78 is 33.1. The molecule has 1 aliphatic heterocycles. The van der Waals surface area contributed by atoms with Crippen LogP contribution in [0.1, 0.15) is 58.6 Å². The summed E-state index contributed by atoms with van der Waals surface area (Å²) in [5.74, 6) is 0.0346. The standard InChI is InChI=1S/C25H29ClN4O6S2/c26-17-4-3-14-2-1-5-35-24(19(14)8-17)16-7-22(37-12-16)23(32)20-10-28-13-29-25(20)30-18-6-15(21(31)9-18)11-36-38(27,33)34/h3-4,7-8,10,12-13,15,18,21,23-24,31-32H,1-2,5-6,9,11H2,(H2,27,33,34)(H,28,29,30)/t15-,18-,21+,23?,24?/m1/s1. The van der Waals surface area contributed by atoms with E-state index in [2.05, 4.69) is 19.5 Å². The number of aryl methyl sites for hydroxylation is 1. The van der Waals surface area contributed by atoms with E-state index in [1.54, 1.807) is 6.20 Å². The molecule has 1 saturated carbocycles. The SMILES string of the molecule is NS(=O)(=O)OC[C@H]1C[C@@H](Nc2ncncc2C(O)c2cc(C3OCCCc4ccc(Cl)cc43)cs2)C[C@@H]1O. The Balaban J connectivity index is 1.32. The molecule has 1 aromatic carbocycles. The van der Waals surface area contributed by atoms with Crippen molar-refractivity contribution in [1.29, 1.82) is 0 Å². The number of hydrogen-bond donors (Lipinski definition) is 4. The van der Waals surface area contributed by atoms with Crippen LogP contribution in [-0.4, -0.2) is 54.0 Å². The molecule has 5 N–H and O–H groups in total. The van der Waals surface area contributed by atoms with E-state index in [1.807, 2.05) is 29.6 Å². The molecule has 2 aromatic heterocycles. The number of nitrogens with one attached hydrogen (secondary N) is 1. The van der Waals surface area contributed by atoms with Crippen LogP contribution in [0.5, 0.6) is 0 Å². The van der Waals surface area contributed by atoms with Gasteiger partial charge in [-0.3, -0.25) is 4.18 Å². The second kappa shape index (κ2) is 11.5. The van der Waals surface area contributed by atoms with Crippen LogP contribution in [0.25, 0.3) is 0 Å². The van der Waals surface area contributed by atoms with Crippen molar-refractivity contribution in [1.82, 2.24) is 9.97 Å². The predicted octanol–water partition coefficient (Wildman–Crippen LogP) is 3.10. The molecule has 204 valence electrons. The molecule has 2 aliphatic rings. The van der Waals surface area contributed by atoms with E-state index in [-0.39, 0.29) is 18.8 Å². The Hall–Kier alpha value is -2.16. The number of aliphatic hydroxyl groups is 2. The van der Waals surface area contributed by atoms with E-state index >= 15 is 0 Å². The molecule has 5 rings (SSSR count). The van der Waals surface area contributed by atoms with Crippen LogP contribution in [0, 0.1) is 5.92 Å². The zero-order valence-corrected chi connectivity index (χ0v) is 22.8. The van der Waals surface area contributed by atoms with E-state index in [9.17, 15) is 18.6 Å². The highest BCUT2D eigenvalue weighted by Gasteiger charge is 2.35. The minimum absolute atomic E-state index is 0.201. The average molecular weight is 581 g/mol. The van der Waals surface area contributed by atoms with Gasteiger partial charge in [0.25, 0.3) is 0 Å². The van der Waals surface area contributed by atoms with Gasteiger partial charge in [-0.2, -0.15) is 8.42 Å². The summed E-state index contributed by atoms with van der Waals surface area (Å²) in [7, 11) is -4.09. The zero-order valence-electron chi connectivity index (χ0n) is 20.4. The number of halogens is 1. The van der Waals surface area contributed by atoms with Crippen LogP contribution in [0.2, 0.25) is 5.02 Å². The maximum absolute atomic E-state index is 11.3. The van der Waals surface area contributed by atoms with Crippen molar-refractivity contribution in [2.45, 2.75) is 50.0 Å². The summed E-state index contributed by atoms with van der Waals surface area (Å²) in [6.07, 6.45) is 3.56. The second-order valence-corrected chi connectivity index (χ2v) is 12.2. The van der Waals surface area contributed by atoms with Gasteiger partial charge in [-0.1, -0.05) is 17.7 Å². The normalized spacial score (nSPS) is 24.5. The van der Waals surface area contributed by atoms with Crippen molar-refractivity contribution >= 4 is 39.1 Å². The number of ether oxygens (including phenoxy) is 1. The molecule has 0 radical (unpaired) electrons. The number of rotatable bonds is 8. The van der Waals surface area contributed by atoms with Gasteiger partial charge in [0.1, 0.15) is 24.4 Å². The molecule has 13 heteroatoms. The second-order valence-electron chi connectivity index (χ2n) is 9.63. The summed E-state index contributed by atoms with van der Waals surface area (Å²) in [5, 5.41) is 32.5. The number of fused-ring (bicyclic) bond motifs is 1. The predicted molar refractivity (Wildman–Crippen MR) is 143 cm³/mol. The van der Waals surface area contributed by atoms with Gasteiger partial charge in [0, 0.05) is 40.2 Å². The third-order valence-electron chi connectivity index (χ3n) is 6.96. The van der Waals surface area contributed by atoms with Gasteiger partial charge in [-0.15, -0.1) is 11.3 Å². The number of benzene rings is 1. The monoisotopic (exact) mass is 580 g/mol. The van der Waals surface area contributed by atoms with Crippen LogP contribution in [0.3, 0.4) is 0 Å². The summed E-state index contributed by atoms with van der Waals surface area (Å²) >= 11 is 7.71. The van der Waals surface area contributed by atoms with Gasteiger partial charge in [0.15, 0.2) is 0 Å². The van der Waals surface area contributed by atoms with Crippen LogP contribution in [0.4, 0.5) is 5.82 Å². The van der Waals surface area contributed by atoms with Gasteiger partial charge >= 0.3 is 10.3 Å². The first-order valence-corrected chi connectivity index (χ1v) is 15.0. The first-order valence-electron chi connectivity index (χ1n) is 12.3. The van der Waals surface area contributed by atoms with Crippen LogP contribution < -0.4 is 10.5 Å². The highest BCUT2D eigenvalue weighted by Crippen LogP contribution is 2.39. The van der Waals surface area contributed by atoms with Crippen LogP contribution in [-0.2, 0) is 25.6 Å². The minimum atomic E-state index is -4.09. The molecule has 5 atom stereocenters. The number of nitrogens with zero attached hydrogens (tertiary/aromatic N) is 2. The maximum atomic E-state index is 11.3. The maximum Gasteiger partial charge on any atom is 0.333 e. The fourth-order valence-electron chi connectivity index (χ4n) is 5.11. The van der Waals surface area contributed by atoms with Crippen molar-refractivity contribution in [3.05, 3.63) is 74.3 Å². The molecule has 0 bridgehead atoms. The number of hydrogen-bond acceptors (Lipinski definition) is 10. The quantitative estimate of drug-likeness (QED) is 0.314. The van der Waals surface area contributed by atoms with E-state index in [0.717, 1.165) is 24.0 Å². The van der Waals surface area contributed by atoms with E-state index in [1.165, 1.54) is 23.2 Å². The topological polar surface area (TPSA) is 157 Å². The fraction of sp³-hybridized carbons (Fsp3) is 0.440. The summed E-state index contributed by atoms with van der Waals surface area (Å²) in [6, 6.07) is 7.62. The number of thiophene rings is 1. The number of anilines is 1. The van der Waals surface area contributed by atoms with E-state index in [4.69, 9.17) is 21.5 Å². The van der Waals surface area contributed by atoms with Gasteiger partial charge in [-0.25, -0.2) is 15.1 Å². The van der Waals surface area contributed by atoms with Crippen molar-refractivity contribution in [3.63, 3.8) is 0 Å². The van der Waals surface area contributed by atoms with Crippen molar-refractivity contribution in [3.8, 4) is 0 Å². The molecular weight excluding hydrogens is 552 g/mol. The van der Waals surface area contributed by atoms with Crippen molar-refractivity contribution in [2.24, 2.45) is 11.1 Å². The Morgan fingerprint density at radius 3 is 2.97 bits per heavy atom. The molecule has 3 aromatic rings. The smallest absolute Gasteiger partial charge is 0.333 e. The Morgan fingerprint density at radius 2 is 2.16 bits per heavy atom. The van der Waals surface area contributed by atoms with Gasteiger partial charge in [0.2, 0.25) is 0 Å². The first-order chi connectivity index (χ1) is 18.2. The summed E-state index contributed by atoms with van der Waals surface area (Å²) in [6.45, 7) is 0.425. The Bertz CT molecular complexity index is 1390. The number of nitrogens with two attached hydrogens (primary N) is 1. The van der Waals surface area contributed by atoms with Gasteiger partial charge in [-0.05, 0) is 66.0 Å². The lowest BCUT2D eigenvalue weighted by Gasteiger charge is -2.19. The molecule has 3 heterocycles. The van der Waals surface area contributed by atoms with Crippen LogP contribution >= 0.6 is 22.9 Å². The highest BCUT2D eigenvalue weighted by atomic mass is 35.5. The van der Waals surface area contributed by atoms with Gasteiger partial charge in [0.05, 0.1) is 12.7 Å². The Morgan fingerprint density at radius 1 is 1.32 bits per heavy atom. The fourth-order valence-corrected chi connectivity index (χ4v) is 6.57. The molecule has 1 fully saturated rings. The van der Waals surface area contributed by atoms with Crippen LogP contribution in [0.15, 0.2) is 42.2 Å². The largest absolute Gasteiger partial charge is 0.393 e. The third-order valence-corrected chi connectivity index (χ3v) is 8.66. The molecule has 0 spiro atoms. The zero-order chi connectivity index (χ0) is 26.9. The van der Waals surface area contributed by atoms with E-state index in [0.29, 0.717) is 40.7 Å². The lowest BCUT2D eigenvalue weighted by atomic mass is 9.96. The molecule has 0 saturated heterocycles. The van der Waals surface area contributed by atoms with Gasteiger partial charge < -0.3 is 20.3 Å². The molecule has 38 heavy (non-hydrogen) atoms. The molecular formula is C25H29ClN4O6S2. The number of aromatic nitrogens is 2.